The van der Waals surface area contributed by atoms with Crippen molar-refractivity contribution in [2.45, 2.75) is 19.3 Å². The standard InChI is InChI=1S/C13H16FNO/c14-12-5-1-3-10(7-12)8-13(16)11-4-2-6-15-9-11/h1,3,5,7,11,15H,2,4,6,8-9H2. The van der Waals surface area contributed by atoms with E-state index in [1.807, 2.05) is 0 Å². The fourth-order valence-electron chi connectivity index (χ4n) is 2.12. The third-order valence-electron chi connectivity index (χ3n) is 3.02. The molecule has 0 spiro atoms. The fraction of sp³-hybridized carbons (Fsp3) is 0.462. The number of benzene rings is 1. The molecule has 1 atom stereocenters. The van der Waals surface area contributed by atoms with Crippen molar-refractivity contribution < 1.29 is 9.18 Å². The van der Waals surface area contributed by atoms with Crippen LogP contribution in [0.5, 0.6) is 0 Å². The highest BCUT2D eigenvalue weighted by atomic mass is 19.1. The Bertz CT molecular complexity index is 372. The Morgan fingerprint density at radius 1 is 1.50 bits per heavy atom. The van der Waals surface area contributed by atoms with Crippen LogP contribution in [0.4, 0.5) is 4.39 Å². The summed E-state index contributed by atoms with van der Waals surface area (Å²) in [6, 6.07) is 6.29. The topological polar surface area (TPSA) is 29.1 Å². The van der Waals surface area contributed by atoms with Crippen LogP contribution in [0, 0.1) is 11.7 Å². The van der Waals surface area contributed by atoms with Crippen LogP contribution in [0.3, 0.4) is 0 Å². The van der Waals surface area contributed by atoms with Gasteiger partial charge in [-0.15, -0.1) is 0 Å². The second-order valence-electron chi connectivity index (χ2n) is 4.32. The van der Waals surface area contributed by atoms with Crippen LogP contribution in [0.15, 0.2) is 24.3 Å². The molecule has 1 N–H and O–H groups in total. The van der Waals surface area contributed by atoms with Gasteiger partial charge in [0.05, 0.1) is 0 Å². The maximum Gasteiger partial charge on any atom is 0.141 e. The SMILES string of the molecule is O=C(Cc1cccc(F)c1)C1CCCNC1. The third kappa shape index (κ3) is 2.89. The molecule has 1 fully saturated rings. The van der Waals surface area contributed by atoms with Crippen LogP contribution < -0.4 is 5.32 Å². The highest BCUT2D eigenvalue weighted by Gasteiger charge is 2.20. The second kappa shape index (κ2) is 5.21. The Morgan fingerprint density at radius 3 is 3.06 bits per heavy atom. The number of piperidine rings is 1. The first-order valence-electron chi connectivity index (χ1n) is 5.73. The molecule has 0 aromatic heterocycles. The predicted molar refractivity (Wildman–Crippen MR) is 60.7 cm³/mol. The first-order chi connectivity index (χ1) is 7.75. The minimum absolute atomic E-state index is 0.108. The van der Waals surface area contributed by atoms with Crippen molar-refractivity contribution in [1.82, 2.24) is 5.32 Å². The lowest BCUT2D eigenvalue weighted by Crippen LogP contribution is -2.35. The van der Waals surface area contributed by atoms with Gasteiger partial charge in [0, 0.05) is 18.9 Å². The van der Waals surface area contributed by atoms with Gasteiger partial charge in [-0.3, -0.25) is 4.79 Å². The number of ketones is 1. The molecule has 0 aliphatic carbocycles. The molecular formula is C13H16FNO. The van der Waals surface area contributed by atoms with E-state index in [9.17, 15) is 9.18 Å². The molecule has 3 heteroatoms. The molecule has 0 amide bonds. The van der Waals surface area contributed by atoms with E-state index in [0.29, 0.717) is 6.42 Å². The quantitative estimate of drug-likeness (QED) is 0.845. The number of Topliss-reactive ketones (excluding diaryl/α,β-unsaturated/α-hetero) is 1. The molecule has 1 aromatic carbocycles. The summed E-state index contributed by atoms with van der Waals surface area (Å²) in [7, 11) is 0. The minimum atomic E-state index is -0.271. The van der Waals surface area contributed by atoms with Crippen LogP contribution in [0.25, 0.3) is 0 Å². The van der Waals surface area contributed by atoms with Gasteiger partial charge in [-0.05, 0) is 37.1 Å². The van der Waals surface area contributed by atoms with Crippen LogP contribution in [-0.2, 0) is 11.2 Å². The first-order valence-corrected chi connectivity index (χ1v) is 5.73. The fourth-order valence-corrected chi connectivity index (χ4v) is 2.12. The van der Waals surface area contributed by atoms with E-state index < -0.39 is 0 Å². The third-order valence-corrected chi connectivity index (χ3v) is 3.02. The van der Waals surface area contributed by atoms with Crippen LogP contribution in [-0.4, -0.2) is 18.9 Å². The Kier molecular flexibility index (Phi) is 3.67. The zero-order valence-corrected chi connectivity index (χ0v) is 9.21. The number of hydrogen-bond acceptors (Lipinski definition) is 2. The van der Waals surface area contributed by atoms with Gasteiger partial charge < -0.3 is 5.32 Å². The monoisotopic (exact) mass is 221 g/mol. The van der Waals surface area contributed by atoms with E-state index in [1.165, 1.54) is 12.1 Å². The maximum atomic E-state index is 12.9. The number of halogens is 1. The first kappa shape index (κ1) is 11.3. The van der Waals surface area contributed by atoms with Crippen molar-refractivity contribution in [3.8, 4) is 0 Å². The van der Waals surface area contributed by atoms with E-state index in [4.69, 9.17) is 0 Å². The predicted octanol–water partition coefficient (Wildman–Crippen LogP) is 1.94. The minimum Gasteiger partial charge on any atom is -0.316 e. The Morgan fingerprint density at radius 2 is 2.38 bits per heavy atom. The number of carbonyl (C=O) groups excluding carboxylic acids is 1. The van der Waals surface area contributed by atoms with Crippen molar-refractivity contribution in [2.75, 3.05) is 13.1 Å². The number of carbonyl (C=O) groups is 1. The van der Waals surface area contributed by atoms with E-state index in [2.05, 4.69) is 5.32 Å². The van der Waals surface area contributed by atoms with E-state index in [1.54, 1.807) is 12.1 Å². The molecule has 1 heterocycles. The number of nitrogens with one attached hydrogen (secondary N) is 1. The van der Waals surface area contributed by atoms with Crippen molar-refractivity contribution in [3.05, 3.63) is 35.6 Å². The largest absolute Gasteiger partial charge is 0.316 e. The molecule has 2 rings (SSSR count). The van der Waals surface area contributed by atoms with E-state index in [-0.39, 0.29) is 17.5 Å². The van der Waals surface area contributed by atoms with Crippen LogP contribution in [0.2, 0.25) is 0 Å². The van der Waals surface area contributed by atoms with Crippen LogP contribution in [0.1, 0.15) is 18.4 Å². The summed E-state index contributed by atoms with van der Waals surface area (Å²) in [6.45, 7) is 1.78. The van der Waals surface area contributed by atoms with E-state index in [0.717, 1.165) is 31.5 Å². The molecule has 1 aromatic rings. The normalized spacial score (nSPS) is 20.7. The van der Waals surface area contributed by atoms with Gasteiger partial charge in [-0.25, -0.2) is 4.39 Å². The van der Waals surface area contributed by atoms with Gasteiger partial charge in [0.1, 0.15) is 11.6 Å². The molecule has 1 saturated heterocycles. The zero-order valence-electron chi connectivity index (χ0n) is 9.21. The maximum absolute atomic E-state index is 12.9. The van der Waals surface area contributed by atoms with Gasteiger partial charge >= 0.3 is 0 Å². The highest BCUT2D eigenvalue weighted by molar-refractivity contribution is 5.83. The Balaban J connectivity index is 1.96. The Labute approximate surface area is 94.9 Å². The van der Waals surface area contributed by atoms with E-state index >= 15 is 0 Å². The molecule has 1 aliphatic heterocycles. The smallest absolute Gasteiger partial charge is 0.141 e. The molecule has 16 heavy (non-hydrogen) atoms. The summed E-state index contributed by atoms with van der Waals surface area (Å²) in [5, 5.41) is 3.22. The van der Waals surface area contributed by atoms with Gasteiger partial charge in [-0.1, -0.05) is 12.1 Å². The summed E-state index contributed by atoms with van der Waals surface area (Å²) < 4.78 is 12.9. The molecule has 0 saturated carbocycles. The molecule has 86 valence electrons. The summed E-state index contributed by atoms with van der Waals surface area (Å²) in [5.41, 5.74) is 0.774. The number of rotatable bonds is 3. The molecule has 1 unspecified atom stereocenters. The van der Waals surface area contributed by atoms with Gasteiger partial charge in [-0.2, -0.15) is 0 Å². The molecular weight excluding hydrogens is 205 g/mol. The number of hydrogen-bond donors (Lipinski definition) is 1. The lowest BCUT2D eigenvalue weighted by molar-refractivity contribution is -0.122. The van der Waals surface area contributed by atoms with Gasteiger partial charge in [0.25, 0.3) is 0 Å². The molecule has 0 bridgehead atoms. The van der Waals surface area contributed by atoms with Crippen molar-refractivity contribution in [3.63, 3.8) is 0 Å². The lowest BCUT2D eigenvalue weighted by Gasteiger charge is -2.21. The second-order valence-corrected chi connectivity index (χ2v) is 4.32. The van der Waals surface area contributed by atoms with Crippen molar-refractivity contribution >= 4 is 5.78 Å². The summed E-state index contributed by atoms with van der Waals surface area (Å²) >= 11 is 0. The summed E-state index contributed by atoms with van der Waals surface area (Å²) in [6.07, 6.45) is 2.37. The summed E-state index contributed by atoms with van der Waals surface area (Å²) in [5.74, 6) is 0.0573. The molecule has 0 radical (unpaired) electrons. The van der Waals surface area contributed by atoms with Crippen LogP contribution >= 0.6 is 0 Å². The van der Waals surface area contributed by atoms with Gasteiger partial charge in [0.2, 0.25) is 0 Å². The average molecular weight is 221 g/mol. The van der Waals surface area contributed by atoms with Crippen molar-refractivity contribution in [1.29, 1.82) is 0 Å². The Hall–Kier alpha value is -1.22. The molecule has 1 aliphatic rings. The van der Waals surface area contributed by atoms with Crippen molar-refractivity contribution in [2.24, 2.45) is 5.92 Å². The lowest BCUT2D eigenvalue weighted by atomic mass is 9.91. The zero-order chi connectivity index (χ0) is 11.4. The summed E-state index contributed by atoms with van der Waals surface area (Å²) in [4.78, 5) is 11.9. The highest BCUT2D eigenvalue weighted by Crippen LogP contribution is 2.14. The molecule has 2 nitrogen and oxygen atoms in total. The average Bonchev–Trinajstić information content (AvgIpc) is 2.30. The van der Waals surface area contributed by atoms with Gasteiger partial charge in [0.15, 0.2) is 0 Å².